The molecule has 0 saturated carbocycles. The number of aryl methyl sites for hydroxylation is 2. The zero-order valence-electron chi connectivity index (χ0n) is 17.7. The highest BCUT2D eigenvalue weighted by Gasteiger charge is 2.16. The van der Waals surface area contributed by atoms with Gasteiger partial charge in [-0.2, -0.15) is 0 Å². The van der Waals surface area contributed by atoms with E-state index in [1.54, 1.807) is 0 Å². The van der Waals surface area contributed by atoms with Crippen molar-refractivity contribution in [2.75, 3.05) is 49.6 Å². The number of ether oxygens (including phenoxy) is 1. The maximum atomic E-state index is 12.6. The van der Waals surface area contributed by atoms with Crippen LogP contribution in [0.5, 0.6) is 0 Å². The summed E-state index contributed by atoms with van der Waals surface area (Å²) in [6, 6.07) is 11.8. The van der Waals surface area contributed by atoms with Gasteiger partial charge in [0.05, 0.1) is 18.9 Å². The predicted octanol–water partition coefficient (Wildman–Crippen LogP) is 2.90. The van der Waals surface area contributed by atoms with E-state index in [-0.39, 0.29) is 5.91 Å². The van der Waals surface area contributed by atoms with E-state index in [0.29, 0.717) is 37.0 Å². The molecule has 2 aromatic heterocycles. The van der Waals surface area contributed by atoms with Gasteiger partial charge in [-0.25, -0.2) is 15.0 Å². The third-order valence-corrected chi connectivity index (χ3v) is 6.11. The zero-order valence-corrected chi connectivity index (χ0v) is 18.5. The minimum atomic E-state index is -0.105. The van der Waals surface area contributed by atoms with E-state index in [0.717, 1.165) is 41.0 Å². The minimum Gasteiger partial charge on any atom is -0.378 e. The van der Waals surface area contributed by atoms with Crippen molar-refractivity contribution in [1.82, 2.24) is 20.3 Å². The van der Waals surface area contributed by atoms with Crippen LogP contribution in [0.4, 0.5) is 11.6 Å². The molecule has 8 nitrogen and oxygen atoms in total. The molecule has 1 aliphatic rings. The third-order valence-electron chi connectivity index (χ3n) is 4.90. The number of anilines is 2. The van der Waals surface area contributed by atoms with Gasteiger partial charge in [0, 0.05) is 37.8 Å². The van der Waals surface area contributed by atoms with E-state index in [2.05, 4.69) is 30.5 Å². The van der Waals surface area contributed by atoms with E-state index in [1.807, 2.05) is 50.2 Å². The summed E-state index contributed by atoms with van der Waals surface area (Å²) in [5, 5.41) is 7.10. The SMILES string of the molecule is Cc1nc(NCCNC(=O)c2sc(-c3ccccc3)nc2C)cc(N2CCOCC2)n1. The van der Waals surface area contributed by atoms with Gasteiger partial charge in [0.2, 0.25) is 0 Å². The van der Waals surface area contributed by atoms with E-state index < -0.39 is 0 Å². The van der Waals surface area contributed by atoms with Crippen LogP contribution in [-0.2, 0) is 4.74 Å². The second-order valence-electron chi connectivity index (χ2n) is 7.24. The van der Waals surface area contributed by atoms with E-state index in [1.165, 1.54) is 11.3 Å². The molecule has 1 aromatic carbocycles. The maximum Gasteiger partial charge on any atom is 0.263 e. The molecule has 4 rings (SSSR count). The molecule has 31 heavy (non-hydrogen) atoms. The molecule has 1 amide bonds. The Morgan fingerprint density at radius 2 is 1.87 bits per heavy atom. The van der Waals surface area contributed by atoms with Gasteiger partial charge in [0.15, 0.2) is 0 Å². The van der Waals surface area contributed by atoms with Crippen LogP contribution in [0.15, 0.2) is 36.4 Å². The molecule has 0 radical (unpaired) electrons. The molecule has 0 unspecified atom stereocenters. The lowest BCUT2D eigenvalue weighted by molar-refractivity contribution is 0.0958. The summed E-state index contributed by atoms with van der Waals surface area (Å²) < 4.78 is 5.41. The number of morpholine rings is 1. The summed E-state index contributed by atoms with van der Waals surface area (Å²) >= 11 is 1.41. The number of rotatable bonds is 7. The average molecular weight is 439 g/mol. The van der Waals surface area contributed by atoms with Crippen molar-refractivity contribution in [3.8, 4) is 10.6 Å². The number of amides is 1. The fraction of sp³-hybridized carbons (Fsp3) is 0.364. The Balaban J connectivity index is 1.31. The number of thiazole rings is 1. The van der Waals surface area contributed by atoms with Crippen molar-refractivity contribution in [3.63, 3.8) is 0 Å². The number of carbonyl (C=O) groups excluding carboxylic acids is 1. The van der Waals surface area contributed by atoms with Crippen molar-refractivity contribution in [3.05, 3.63) is 52.8 Å². The fourth-order valence-corrected chi connectivity index (χ4v) is 4.34. The molecular weight excluding hydrogens is 412 g/mol. The van der Waals surface area contributed by atoms with Gasteiger partial charge in [0.1, 0.15) is 27.3 Å². The summed E-state index contributed by atoms with van der Waals surface area (Å²) in [4.78, 5) is 29.0. The molecule has 0 atom stereocenters. The summed E-state index contributed by atoms with van der Waals surface area (Å²) in [7, 11) is 0. The highest BCUT2D eigenvalue weighted by molar-refractivity contribution is 7.17. The quantitative estimate of drug-likeness (QED) is 0.548. The largest absolute Gasteiger partial charge is 0.378 e. The van der Waals surface area contributed by atoms with Gasteiger partial charge >= 0.3 is 0 Å². The number of hydrogen-bond acceptors (Lipinski definition) is 8. The van der Waals surface area contributed by atoms with Gasteiger partial charge in [0.25, 0.3) is 5.91 Å². The van der Waals surface area contributed by atoms with Crippen molar-refractivity contribution in [2.24, 2.45) is 0 Å². The predicted molar refractivity (Wildman–Crippen MR) is 123 cm³/mol. The minimum absolute atomic E-state index is 0.105. The van der Waals surface area contributed by atoms with E-state index in [9.17, 15) is 4.79 Å². The first kappa shape index (κ1) is 21.2. The van der Waals surface area contributed by atoms with Crippen LogP contribution in [0.3, 0.4) is 0 Å². The molecule has 1 saturated heterocycles. The summed E-state index contributed by atoms with van der Waals surface area (Å²) in [5.74, 6) is 2.26. The normalized spacial score (nSPS) is 13.8. The Morgan fingerprint density at radius 1 is 1.10 bits per heavy atom. The number of benzene rings is 1. The van der Waals surface area contributed by atoms with Crippen LogP contribution in [0.2, 0.25) is 0 Å². The lowest BCUT2D eigenvalue weighted by Crippen LogP contribution is -2.37. The molecule has 0 aliphatic carbocycles. The average Bonchev–Trinajstić information content (AvgIpc) is 3.19. The van der Waals surface area contributed by atoms with Crippen LogP contribution in [0.25, 0.3) is 10.6 Å². The van der Waals surface area contributed by atoms with Gasteiger partial charge < -0.3 is 20.3 Å². The van der Waals surface area contributed by atoms with Crippen LogP contribution in [-0.4, -0.2) is 60.3 Å². The van der Waals surface area contributed by atoms with Crippen LogP contribution >= 0.6 is 11.3 Å². The number of nitrogens with one attached hydrogen (secondary N) is 2. The highest BCUT2D eigenvalue weighted by Crippen LogP contribution is 2.27. The van der Waals surface area contributed by atoms with Gasteiger partial charge in [-0.15, -0.1) is 11.3 Å². The number of aromatic nitrogens is 3. The number of hydrogen-bond donors (Lipinski definition) is 2. The molecule has 0 spiro atoms. The molecule has 1 fully saturated rings. The third kappa shape index (κ3) is 5.36. The monoisotopic (exact) mass is 438 g/mol. The molecule has 0 bridgehead atoms. The number of carbonyl (C=O) groups is 1. The van der Waals surface area contributed by atoms with Crippen molar-refractivity contribution < 1.29 is 9.53 Å². The molecule has 162 valence electrons. The topological polar surface area (TPSA) is 92.3 Å². The first-order valence-electron chi connectivity index (χ1n) is 10.3. The lowest BCUT2D eigenvalue weighted by Gasteiger charge is -2.28. The van der Waals surface area contributed by atoms with Crippen LogP contribution in [0.1, 0.15) is 21.2 Å². The van der Waals surface area contributed by atoms with Crippen molar-refractivity contribution in [2.45, 2.75) is 13.8 Å². The Bertz CT molecular complexity index is 1030. The molecule has 9 heteroatoms. The van der Waals surface area contributed by atoms with E-state index >= 15 is 0 Å². The fourth-order valence-electron chi connectivity index (χ4n) is 3.36. The lowest BCUT2D eigenvalue weighted by atomic mass is 10.2. The highest BCUT2D eigenvalue weighted by atomic mass is 32.1. The molecule has 2 N–H and O–H groups in total. The Morgan fingerprint density at radius 3 is 2.65 bits per heavy atom. The maximum absolute atomic E-state index is 12.6. The van der Waals surface area contributed by atoms with Gasteiger partial charge in [-0.05, 0) is 13.8 Å². The van der Waals surface area contributed by atoms with E-state index in [4.69, 9.17) is 4.74 Å². The van der Waals surface area contributed by atoms with Crippen molar-refractivity contribution in [1.29, 1.82) is 0 Å². The summed E-state index contributed by atoms with van der Waals surface area (Å²) in [6.45, 7) is 7.86. The second-order valence-corrected chi connectivity index (χ2v) is 8.24. The smallest absolute Gasteiger partial charge is 0.263 e. The first-order chi connectivity index (χ1) is 15.1. The van der Waals surface area contributed by atoms with Crippen LogP contribution < -0.4 is 15.5 Å². The standard InChI is InChI=1S/C22H26N6O2S/c1-15-20(31-22(25-15)17-6-4-3-5-7-17)21(29)24-9-8-23-18-14-19(27-16(2)26-18)28-10-12-30-13-11-28/h3-7,14H,8-13H2,1-2H3,(H,24,29)(H,23,26,27). The summed E-state index contributed by atoms with van der Waals surface area (Å²) in [6.07, 6.45) is 0. The molecule has 3 aromatic rings. The number of nitrogens with zero attached hydrogens (tertiary/aromatic N) is 4. The first-order valence-corrected chi connectivity index (χ1v) is 11.1. The van der Waals surface area contributed by atoms with Crippen LogP contribution in [0, 0.1) is 13.8 Å². The second kappa shape index (κ2) is 9.84. The molecule has 3 heterocycles. The molecular formula is C22H26N6O2S. The van der Waals surface area contributed by atoms with Gasteiger partial charge in [-0.1, -0.05) is 30.3 Å². The van der Waals surface area contributed by atoms with Gasteiger partial charge in [-0.3, -0.25) is 4.79 Å². The Hall–Kier alpha value is -3.04. The molecule has 1 aliphatic heterocycles. The Labute approximate surface area is 185 Å². The van der Waals surface area contributed by atoms with Crippen molar-refractivity contribution >= 4 is 28.9 Å². The Kier molecular flexibility index (Phi) is 6.73. The zero-order chi connectivity index (χ0) is 21.6. The summed E-state index contributed by atoms with van der Waals surface area (Å²) in [5.41, 5.74) is 1.77.